The Morgan fingerprint density at radius 2 is 0.562 bits per heavy atom. The first-order chi connectivity index (χ1) is 22.2. The van der Waals surface area contributed by atoms with Gasteiger partial charge < -0.3 is 19.6 Å². The molecular formula is C38H62N6O4. The fraction of sp³-hybridized carbons (Fsp3) is 0.632. The molecule has 0 saturated heterocycles. The summed E-state index contributed by atoms with van der Waals surface area (Å²) in [6.07, 6.45) is 6.15. The van der Waals surface area contributed by atoms with E-state index in [1.165, 1.54) is 12.4 Å². The van der Waals surface area contributed by atoms with Gasteiger partial charge in [0, 0.05) is 73.1 Å². The minimum absolute atomic E-state index is 0.0481. The average molecular weight is 667 g/mol. The predicted molar refractivity (Wildman–Crippen MR) is 194 cm³/mol. The molecule has 0 atom stereocenters. The summed E-state index contributed by atoms with van der Waals surface area (Å²) < 4.78 is 0. The summed E-state index contributed by atoms with van der Waals surface area (Å²) in [5.41, 5.74) is 1.58. The molecule has 2 heterocycles. The van der Waals surface area contributed by atoms with E-state index in [-0.39, 0.29) is 72.0 Å². The highest BCUT2D eigenvalue weighted by molar-refractivity contribution is 6.08. The van der Waals surface area contributed by atoms with Crippen molar-refractivity contribution in [2.75, 3.05) is 0 Å². The van der Waals surface area contributed by atoms with Crippen molar-refractivity contribution >= 4 is 23.6 Å². The van der Waals surface area contributed by atoms with Crippen molar-refractivity contribution in [3.05, 3.63) is 59.2 Å². The molecule has 0 aliphatic rings. The van der Waals surface area contributed by atoms with E-state index in [0.29, 0.717) is 22.3 Å². The van der Waals surface area contributed by atoms with Crippen LogP contribution in [0.1, 0.15) is 152 Å². The molecular weight excluding hydrogens is 604 g/mol. The van der Waals surface area contributed by atoms with Gasteiger partial charge in [0.25, 0.3) is 23.6 Å². The van der Waals surface area contributed by atoms with Crippen LogP contribution in [0.4, 0.5) is 0 Å². The Morgan fingerprint density at radius 3 is 0.750 bits per heavy atom. The molecule has 0 radical (unpaired) electrons. The van der Waals surface area contributed by atoms with Crippen LogP contribution >= 0.6 is 0 Å². The van der Waals surface area contributed by atoms with E-state index in [1.54, 1.807) is 44.1 Å². The third-order valence-electron chi connectivity index (χ3n) is 7.95. The maximum atomic E-state index is 13.0. The number of hydrogen-bond acceptors (Lipinski definition) is 6. The minimum Gasteiger partial charge on any atom is -0.334 e. The van der Waals surface area contributed by atoms with Gasteiger partial charge in [0.2, 0.25) is 0 Å². The second-order valence-corrected chi connectivity index (χ2v) is 14.4. The van der Waals surface area contributed by atoms with Crippen LogP contribution in [0, 0.1) is 0 Å². The Kier molecular flexibility index (Phi) is 16.4. The third kappa shape index (κ3) is 10.6. The summed E-state index contributed by atoms with van der Waals surface area (Å²) >= 11 is 0. The number of hydrogen-bond donors (Lipinski definition) is 0. The summed E-state index contributed by atoms with van der Waals surface area (Å²) in [6, 6.07) is 3.70. The SMILES string of the molecule is CC(C)N(C(=O)c1ccncc1C(=O)N(C(C)C)C(C)C)C(C)C.CC(C)N(C(=O)c1ccncc1C(=O)N(C(C)C)C(C)C)C(C)C. The zero-order chi connectivity index (χ0) is 37.2. The van der Waals surface area contributed by atoms with E-state index in [0.717, 1.165) is 0 Å². The number of amides is 4. The van der Waals surface area contributed by atoms with Crippen molar-refractivity contribution in [3.63, 3.8) is 0 Å². The van der Waals surface area contributed by atoms with Gasteiger partial charge in [-0.05, 0) is 123 Å². The van der Waals surface area contributed by atoms with Gasteiger partial charge in [-0.25, -0.2) is 0 Å². The lowest BCUT2D eigenvalue weighted by Gasteiger charge is -2.33. The van der Waals surface area contributed by atoms with Gasteiger partial charge in [-0.3, -0.25) is 29.1 Å². The van der Waals surface area contributed by atoms with E-state index in [9.17, 15) is 19.2 Å². The van der Waals surface area contributed by atoms with E-state index in [2.05, 4.69) is 9.97 Å². The molecule has 0 aromatic carbocycles. The van der Waals surface area contributed by atoms with E-state index in [1.807, 2.05) is 111 Å². The number of pyridine rings is 2. The molecule has 0 aliphatic carbocycles. The first-order valence-corrected chi connectivity index (χ1v) is 17.4. The van der Waals surface area contributed by atoms with Crippen LogP contribution in [0.5, 0.6) is 0 Å². The first-order valence-electron chi connectivity index (χ1n) is 17.4. The van der Waals surface area contributed by atoms with Gasteiger partial charge in [0.1, 0.15) is 0 Å². The van der Waals surface area contributed by atoms with Crippen molar-refractivity contribution in [2.45, 2.75) is 159 Å². The fourth-order valence-corrected chi connectivity index (χ4v) is 6.32. The molecule has 0 bridgehead atoms. The van der Waals surface area contributed by atoms with E-state index in [4.69, 9.17) is 0 Å². The van der Waals surface area contributed by atoms with Crippen LogP contribution in [-0.2, 0) is 0 Å². The summed E-state index contributed by atoms with van der Waals surface area (Å²) in [7, 11) is 0. The zero-order valence-electron chi connectivity index (χ0n) is 32.4. The summed E-state index contributed by atoms with van der Waals surface area (Å²) in [6.45, 7) is 31.7. The molecule has 2 aromatic heterocycles. The Labute approximate surface area is 290 Å². The summed E-state index contributed by atoms with van der Waals surface area (Å²) in [5.74, 6) is -0.552. The molecule has 4 amide bonds. The number of rotatable bonds is 12. The second-order valence-electron chi connectivity index (χ2n) is 14.4. The smallest absolute Gasteiger partial charge is 0.256 e. The molecule has 0 unspecified atom stereocenters. The molecule has 2 aromatic rings. The van der Waals surface area contributed by atoms with Crippen molar-refractivity contribution in [3.8, 4) is 0 Å². The third-order valence-corrected chi connectivity index (χ3v) is 7.95. The standard InChI is InChI=1S/2C19H31N3O2/c2*1-12(2)21(13(3)4)18(23)16-9-10-20-11-17(16)19(24)22(14(5)6)15(7)8/h2*9-15H,1-8H3. The maximum Gasteiger partial charge on any atom is 0.256 e. The maximum absolute atomic E-state index is 13.0. The van der Waals surface area contributed by atoms with Crippen LogP contribution in [0.3, 0.4) is 0 Å². The van der Waals surface area contributed by atoms with Crippen LogP contribution < -0.4 is 0 Å². The molecule has 48 heavy (non-hydrogen) atoms. The Hall–Kier alpha value is -3.82. The van der Waals surface area contributed by atoms with Crippen molar-refractivity contribution in [2.24, 2.45) is 0 Å². The lowest BCUT2D eigenvalue weighted by Crippen LogP contribution is -2.45. The highest BCUT2D eigenvalue weighted by atomic mass is 16.2. The minimum atomic E-state index is -0.149. The number of nitrogens with zero attached hydrogens (tertiary/aromatic N) is 6. The Balaban J connectivity index is 0.000000480. The largest absolute Gasteiger partial charge is 0.334 e. The fourth-order valence-electron chi connectivity index (χ4n) is 6.32. The number of aromatic nitrogens is 2. The van der Waals surface area contributed by atoms with E-state index >= 15 is 0 Å². The first kappa shape index (κ1) is 42.2. The number of carbonyl (C=O) groups excluding carboxylic acids is 4. The molecule has 2 rings (SSSR count). The van der Waals surface area contributed by atoms with Gasteiger partial charge in [0.05, 0.1) is 22.3 Å². The zero-order valence-corrected chi connectivity index (χ0v) is 32.4. The predicted octanol–water partition coefficient (Wildman–Crippen LogP) is 7.20. The highest BCUT2D eigenvalue weighted by Gasteiger charge is 2.31. The van der Waals surface area contributed by atoms with E-state index < -0.39 is 0 Å². The molecule has 0 N–H and O–H groups in total. The lowest BCUT2D eigenvalue weighted by molar-refractivity contribution is 0.0600. The Bertz CT molecular complexity index is 1130. The molecule has 0 fully saturated rings. The van der Waals surface area contributed by atoms with Gasteiger partial charge in [-0.1, -0.05) is 0 Å². The van der Waals surface area contributed by atoms with Crippen molar-refractivity contribution < 1.29 is 19.2 Å². The van der Waals surface area contributed by atoms with Gasteiger partial charge in [-0.15, -0.1) is 0 Å². The van der Waals surface area contributed by atoms with Gasteiger partial charge in [-0.2, -0.15) is 0 Å². The van der Waals surface area contributed by atoms with Crippen molar-refractivity contribution in [1.29, 1.82) is 0 Å². The van der Waals surface area contributed by atoms with Crippen LogP contribution in [0.15, 0.2) is 36.9 Å². The molecule has 0 aliphatic heterocycles. The lowest BCUT2D eigenvalue weighted by atomic mass is 10.0. The van der Waals surface area contributed by atoms with Crippen molar-refractivity contribution in [1.82, 2.24) is 29.6 Å². The molecule has 10 nitrogen and oxygen atoms in total. The molecule has 10 heteroatoms. The second kappa shape index (κ2) is 18.7. The quantitative estimate of drug-likeness (QED) is 0.237. The van der Waals surface area contributed by atoms with Gasteiger partial charge in [0.15, 0.2) is 0 Å². The normalized spacial score (nSPS) is 11.5. The average Bonchev–Trinajstić information content (AvgIpc) is 2.95. The van der Waals surface area contributed by atoms with Crippen LogP contribution in [-0.4, -0.2) is 102 Å². The Morgan fingerprint density at radius 1 is 0.375 bits per heavy atom. The topological polar surface area (TPSA) is 107 Å². The highest BCUT2D eigenvalue weighted by Crippen LogP contribution is 2.21. The molecule has 268 valence electrons. The number of carbonyl (C=O) groups is 4. The monoisotopic (exact) mass is 666 g/mol. The summed E-state index contributed by atoms with van der Waals surface area (Å²) in [4.78, 5) is 67.5. The van der Waals surface area contributed by atoms with Gasteiger partial charge >= 0.3 is 0 Å². The van der Waals surface area contributed by atoms with Crippen LogP contribution in [0.2, 0.25) is 0 Å². The molecule has 0 spiro atoms. The molecule has 0 saturated carbocycles. The summed E-state index contributed by atoms with van der Waals surface area (Å²) in [5, 5.41) is 0. The van der Waals surface area contributed by atoms with Crippen LogP contribution in [0.25, 0.3) is 0 Å².